The van der Waals surface area contributed by atoms with Crippen LogP contribution in [0.4, 0.5) is 11.4 Å². The number of benzene rings is 2. The maximum Gasteiger partial charge on any atom is 0.227 e. The minimum atomic E-state index is 0.0570. The molecule has 0 spiro atoms. The summed E-state index contributed by atoms with van der Waals surface area (Å²) in [6.07, 6.45) is 4.69. The summed E-state index contributed by atoms with van der Waals surface area (Å²) in [6.45, 7) is 2.62. The highest BCUT2D eigenvalue weighted by Gasteiger charge is 2.34. The van der Waals surface area contributed by atoms with E-state index in [0.717, 1.165) is 34.9 Å². The number of nitrogens with zero attached hydrogens (tertiary/aromatic N) is 1. The maximum atomic E-state index is 13.1. The van der Waals surface area contributed by atoms with E-state index < -0.39 is 0 Å². The molecular formula is C25H30N2O4. The third-order valence-electron chi connectivity index (χ3n) is 6.11. The fourth-order valence-electron chi connectivity index (χ4n) is 4.12. The van der Waals surface area contributed by atoms with E-state index in [1.807, 2.05) is 47.4 Å². The van der Waals surface area contributed by atoms with Crippen molar-refractivity contribution in [3.05, 3.63) is 48.0 Å². The van der Waals surface area contributed by atoms with Crippen LogP contribution >= 0.6 is 0 Å². The van der Waals surface area contributed by atoms with Gasteiger partial charge in [-0.05, 0) is 86.6 Å². The summed E-state index contributed by atoms with van der Waals surface area (Å²) in [5.74, 6) is 2.33. The predicted octanol–water partition coefficient (Wildman–Crippen LogP) is 4.57. The molecule has 1 heterocycles. The number of carbonyl (C=O) groups excluding carboxylic acids is 2. The molecule has 2 aromatic rings. The minimum absolute atomic E-state index is 0.0570. The van der Waals surface area contributed by atoms with Gasteiger partial charge in [-0.2, -0.15) is 0 Å². The van der Waals surface area contributed by atoms with Gasteiger partial charge in [0.1, 0.15) is 11.5 Å². The van der Waals surface area contributed by atoms with Crippen LogP contribution in [0.2, 0.25) is 0 Å². The summed E-state index contributed by atoms with van der Waals surface area (Å²) < 4.78 is 11.1. The quantitative estimate of drug-likeness (QED) is 0.601. The first-order valence-corrected chi connectivity index (χ1v) is 11.1. The normalized spacial score (nSPS) is 16.1. The van der Waals surface area contributed by atoms with E-state index in [1.165, 1.54) is 12.8 Å². The SMILES string of the molecule is COc1ccc(N(C(=O)CCCOc2ccc3c(c2)CCC(=O)N3)C(C)C2CC2)cc1. The monoisotopic (exact) mass is 422 g/mol. The van der Waals surface area contributed by atoms with E-state index in [2.05, 4.69) is 12.2 Å². The van der Waals surface area contributed by atoms with Crippen LogP contribution in [0.15, 0.2) is 42.5 Å². The molecule has 1 atom stereocenters. The minimum Gasteiger partial charge on any atom is -0.497 e. The first kappa shape index (κ1) is 21.2. The average molecular weight is 423 g/mol. The average Bonchev–Trinajstić information content (AvgIpc) is 3.63. The third-order valence-corrected chi connectivity index (χ3v) is 6.11. The Balaban J connectivity index is 1.33. The van der Waals surface area contributed by atoms with Crippen molar-refractivity contribution in [2.75, 3.05) is 23.9 Å². The van der Waals surface area contributed by atoms with Crippen LogP contribution in [0.25, 0.3) is 0 Å². The van der Waals surface area contributed by atoms with Crippen LogP contribution in [-0.4, -0.2) is 31.6 Å². The third kappa shape index (κ3) is 5.19. The lowest BCUT2D eigenvalue weighted by atomic mass is 10.0. The number of carbonyl (C=O) groups is 2. The fraction of sp³-hybridized carbons (Fsp3) is 0.440. The molecule has 1 aliphatic heterocycles. The summed E-state index contributed by atoms with van der Waals surface area (Å²) in [4.78, 5) is 26.5. The summed E-state index contributed by atoms with van der Waals surface area (Å²) in [5, 5.41) is 2.88. The van der Waals surface area contributed by atoms with Gasteiger partial charge in [0.25, 0.3) is 0 Å². The second kappa shape index (κ2) is 9.41. The first-order valence-electron chi connectivity index (χ1n) is 11.1. The zero-order valence-electron chi connectivity index (χ0n) is 18.2. The number of aryl methyl sites for hydroxylation is 1. The molecule has 1 unspecified atom stereocenters. The number of ether oxygens (including phenoxy) is 2. The lowest BCUT2D eigenvalue weighted by Crippen LogP contribution is -2.40. The molecule has 4 rings (SSSR count). The summed E-state index contributed by atoms with van der Waals surface area (Å²) >= 11 is 0. The Labute approximate surface area is 183 Å². The molecule has 1 fully saturated rings. The van der Waals surface area contributed by atoms with Gasteiger partial charge in [0.05, 0.1) is 13.7 Å². The number of hydrogen-bond donors (Lipinski definition) is 1. The van der Waals surface area contributed by atoms with Crippen LogP contribution in [-0.2, 0) is 16.0 Å². The molecule has 1 aliphatic carbocycles. The molecule has 1 N–H and O–H groups in total. The number of methoxy groups -OCH3 is 1. The highest BCUT2D eigenvalue weighted by Crippen LogP contribution is 2.37. The molecule has 0 bridgehead atoms. The Morgan fingerprint density at radius 2 is 1.87 bits per heavy atom. The van der Waals surface area contributed by atoms with Crippen LogP contribution < -0.4 is 19.7 Å². The van der Waals surface area contributed by atoms with Gasteiger partial charge in [-0.1, -0.05) is 0 Å². The fourth-order valence-corrected chi connectivity index (χ4v) is 4.12. The molecule has 6 heteroatoms. The molecule has 2 amide bonds. The number of rotatable bonds is 9. The van der Waals surface area contributed by atoms with Crippen molar-refractivity contribution in [1.82, 2.24) is 0 Å². The summed E-state index contributed by atoms with van der Waals surface area (Å²) in [6, 6.07) is 13.6. The predicted molar refractivity (Wildman–Crippen MR) is 121 cm³/mol. The number of nitrogens with one attached hydrogen (secondary N) is 1. The molecule has 0 radical (unpaired) electrons. The first-order chi connectivity index (χ1) is 15.0. The van der Waals surface area contributed by atoms with E-state index in [4.69, 9.17) is 9.47 Å². The summed E-state index contributed by atoms with van der Waals surface area (Å²) in [5.41, 5.74) is 2.88. The largest absolute Gasteiger partial charge is 0.497 e. The van der Waals surface area contributed by atoms with Crippen molar-refractivity contribution in [3.63, 3.8) is 0 Å². The molecule has 0 saturated heterocycles. The number of anilines is 2. The zero-order chi connectivity index (χ0) is 21.8. The Morgan fingerprint density at radius 3 is 2.58 bits per heavy atom. The van der Waals surface area contributed by atoms with Crippen LogP contribution in [0.3, 0.4) is 0 Å². The molecule has 2 aliphatic rings. The van der Waals surface area contributed by atoms with Gasteiger partial charge < -0.3 is 19.7 Å². The van der Waals surface area contributed by atoms with Crippen molar-refractivity contribution in [3.8, 4) is 11.5 Å². The van der Waals surface area contributed by atoms with Gasteiger partial charge >= 0.3 is 0 Å². The van der Waals surface area contributed by atoms with Gasteiger partial charge in [0, 0.05) is 30.3 Å². The van der Waals surface area contributed by atoms with E-state index in [-0.39, 0.29) is 17.9 Å². The van der Waals surface area contributed by atoms with E-state index >= 15 is 0 Å². The number of amides is 2. The number of fused-ring (bicyclic) bond motifs is 1. The van der Waals surface area contributed by atoms with Crippen molar-refractivity contribution in [1.29, 1.82) is 0 Å². The van der Waals surface area contributed by atoms with Crippen LogP contribution in [0.1, 0.15) is 44.6 Å². The van der Waals surface area contributed by atoms with Gasteiger partial charge in [-0.25, -0.2) is 0 Å². The molecule has 1 saturated carbocycles. The zero-order valence-corrected chi connectivity index (χ0v) is 18.2. The lowest BCUT2D eigenvalue weighted by molar-refractivity contribution is -0.119. The van der Waals surface area contributed by atoms with Gasteiger partial charge in [0.15, 0.2) is 0 Å². The molecule has 164 valence electrons. The van der Waals surface area contributed by atoms with Gasteiger partial charge in [-0.15, -0.1) is 0 Å². The Morgan fingerprint density at radius 1 is 1.13 bits per heavy atom. The van der Waals surface area contributed by atoms with E-state index in [1.54, 1.807) is 7.11 Å². The van der Waals surface area contributed by atoms with E-state index in [9.17, 15) is 9.59 Å². The van der Waals surface area contributed by atoms with E-state index in [0.29, 0.717) is 31.8 Å². The molecular weight excluding hydrogens is 392 g/mol. The highest BCUT2D eigenvalue weighted by molar-refractivity contribution is 5.94. The lowest BCUT2D eigenvalue weighted by Gasteiger charge is -2.30. The molecule has 0 aromatic heterocycles. The Bertz CT molecular complexity index is 937. The molecule has 31 heavy (non-hydrogen) atoms. The van der Waals surface area contributed by atoms with Crippen molar-refractivity contribution in [2.24, 2.45) is 5.92 Å². The van der Waals surface area contributed by atoms with Crippen LogP contribution in [0.5, 0.6) is 11.5 Å². The second-order valence-electron chi connectivity index (χ2n) is 8.36. The standard InChI is InChI=1S/C25H30N2O4/c1-17(18-5-6-18)27(20-8-10-21(30-2)11-9-20)25(29)4-3-15-31-22-12-13-23-19(16-22)7-14-24(28)26-23/h8-13,16-18H,3-7,14-15H2,1-2H3,(H,26,28). The molecule has 6 nitrogen and oxygen atoms in total. The van der Waals surface area contributed by atoms with Crippen molar-refractivity contribution < 1.29 is 19.1 Å². The van der Waals surface area contributed by atoms with Crippen molar-refractivity contribution in [2.45, 2.75) is 51.5 Å². The van der Waals surface area contributed by atoms with Gasteiger partial charge in [0.2, 0.25) is 11.8 Å². The topological polar surface area (TPSA) is 67.9 Å². The maximum absolute atomic E-state index is 13.1. The van der Waals surface area contributed by atoms with Crippen molar-refractivity contribution >= 4 is 23.2 Å². The smallest absolute Gasteiger partial charge is 0.227 e. The van der Waals surface area contributed by atoms with Crippen LogP contribution in [0, 0.1) is 5.92 Å². The highest BCUT2D eigenvalue weighted by atomic mass is 16.5. The Hall–Kier alpha value is -3.02. The van der Waals surface area contributed by atoms with Gasteiger partial charge in [-0.3, -0.25) is 9.59 Å². The second-order valence-corrected chi connectivity index (χ2v) is 8.36. The summed E-state index contributed by atoms with van der Waals surface area (Å²) in [7, 11) is 1.64. The molecule has 2 aromatic carbocycles. The Kier molecular flexibility index (Phi) is 6.44. The number of hydrogen-bond acceptors (Lipinski definition) is 4.